The van der Waals surface area contributed by atoms with Crippen molar-refractivity contribution >= 4 is 28.4 Å². The van der Waals surface area contributed by atoms with Crippen LogP contribution < -0.4 is 14.5 Å². The SMILES string of the molecule is CCCN1c2cccc3c2[C@]2(C)c4c(cccc4N(c4ccccc4)c4cccc1c42)O3. The van der Waals surface area contributed by atoms with Gasteiger partial charge in [0.15, 0.2) is 0 Å². The average Bonchev–Trinajstić information content (AvgIpc) is 2.82. The lowest BCUT2D eigenvalue weighted by Gasteiger charge is -2.52. The maximum atomic E-state index is 6.57. The molecule has 0 radical (unpaired) electrons. The van der Waals surface area contributed by atoms with Gasteiger partial charge in [0, 0.05) is 40.3 Å². The second-order valence-corrected chi connectivity index (χ2v) is 9.02. The summed E-state index contributed by atoms with van der Waals surface area (Å²) in [6, 6.07) is 30.4. The van der Waals surface area contributed by atoms with Gasteiger partial charge in [-0.3, -0.25) is 0 Å². The zero-order valence-electron chi connectivity index (χ0n) is 18.3. The molecule has 1 atom stereocenters. The molecule has 0 saturated heterocycles. The molecule has 0 aliphatic carbocycles. The third-order valence-corrected chi connectivity index (χ3v) is 7.27. The third kappa shape index (κ3) is 2.02. The summed E-state index contributed by atoms with van der Waals surface area (Å²) in [5.74, 6) is 1.93. The molecule has 0 N–H and O–H groups in total. The smallest absolute Gasteiger partial charge is 0.133 e. The first-order chi connectivity index (χ1) is 15.7. The number of benzene rings is 4. The molecule has 0 unspecified atom stereocenters. The van der Waals surface area contributed by atoms with Crippen LogP contribution in [0.4, 0.5) is 28.4 Å². The van der Waals surface area contributed by atoms with Crippen LogP contribution in [0.25, 0.3) is 0 Å². The van der Waals surface area contributed by atoms with Crippen LogP contribution >= 0.6 is 0 Å². The van der Waals surface area contributed by atoms with E-state index in [1.165, 1.54) is 45.1 Å². The molecule has 0 spiro atoms. The van der Waals surface area contributed by atoms with E-state index in [1.807, 2.05) is 0 Å². The lowest BCUT2D eigenvalue weighted by molar-refractivity contribution is 0.424. The number of anilines is 5. The number of ether oxygens (including phenoxy) is 1. The monoisotopic (exact) mass is 416 g/mol. The molecule has 4 aromatic carbocycles. The van der Waals surface area contributed by atoms with Crippen LogP contribution in [-0.4, -0.2) is 6.54 Å². The molecule has 3 heterocycles. The quantitative estimate of drug-likeness (QED) is 0.339. The van der Waals surface area contributed by atoms with E-state index in [0.29, 0.717) is 0 Å². The van der Waals surface area contributed by atoms with Gasteiger partial charge in [-0.2, -0.15) is 0 Å². The van der Waals surface area contributed by atoms with E-state index in [0.717, 1.165) is 24.5 Å². The molecule has 0 aromatic heterocycles. The second-order valence-electron chi connectivity index (χ2n) is 9.02. The van der Waals surface area contributed by atoms with Gasteiger partial charge in [-0.05, 0) is 61.9 Å². The zero-order valence-corrected chi connectivity index (χ0v) is 18.3. The molecular formula is C29H24N2O. The van der Waals surface area contributed by atoms with E-state index < -0.39 is 0 Å². The lowest BCUT2D eigenvalue weighted by atomic mass is 9.63. The van der Waals surface area contributed by atoms with E-state index in [9.17, 15) is 0 Å². The maximum absolute atomic E-state index is 6.57. The molecule has 4 aromatic rings. The summed E-state index contributed by atoms with van der Waals surface area (Å²) in [6.45, 7) is 5.62. The van der Waals surface area contributed by atoms with Gasteiger partial charge in [0.25, 0.3) is 0 Å². The number of nitrogens with zero attached hydrogens (tertiary/aromatic N) is 2. The standard InChI is InChI=1S/C29H24N2O/c1-3-18-30-20-12-7-14-22-26(20)29(2)27-21(30)13-8-16-24(27)32-25-17-9-15-23(28(25)29)31(22)19-10-5-4-6-11-19/h4-17H,3,18H2,1-2H3/t29-/m1/s1. The highest BCUT2D eigenvalue weighted by Crippen LogP contribution is 2.67. The van der Waals surface area contributed by atoms with Crippen molar-refractivity contribution in [3.05, 3.63) is 102 Å². The van der Waals surface area contributed by atoms with Crippen molar-refractivity contribution in [1.29, 1.82) is 0 Å². The van der Waals surface area contributed by atoms with E-state index in [1.54, 1.807) is 0 Å². The van der Waals surface area contributed by atoms with Gasteiger partial charge < -0.3 is 14.5 Å². The first-order valence-corrected chi connectivity index (χ1v) is 11.4. The molecular weight excluding hydrogens is 392 g/mol. The predicted molar refractivity (Wildman–Crippen MR) is 130 cm³/mol. The molecule has 0 saturated carbocycles. The van der Waals surface area contributed by atoms with E-state index in [-0.39, 0.29) is 5.41 Å². The molecule has 32 heavy (non-hydrogen) atoms. The van der Waals surface area contributed by atoms with Gasteiger partial charge in [-0.15, -0.1) is 0 Å². The van der Waals surface area contributed by atoms with Gasteiger partial charge >= 0.3 is 0 Å². The van der Waals surface area contributed by atoms with Crippen molar-refractivity contribution in [2.45, 2.75) is 25.7 Å². The van der Waals surface area contributed by atoms with Gasteiger partial charge in [0.05, 0.1) is 16.8 Å². The van der Waals surface area contributed by atoms with Crippen LogP contribution in [0.15, 0.2) is 84.9 Å². The van der Waals surface area contributed by atoms with Crippen molar-refractivity contribution in [3.8, 4) is 11.5 Å². The Balaban J connectivity index is 1.65. The molecule has 0 bridgehead atoms. The molecule has 0 fully saturated rings. The Labute approximate surface area is 188 Å². The van der Waals surface area contributed by atoms with Crippen molar-refractivity contribution in [2.75, 3.05) is 16.3 Å². The van der Waals surface area contributed by atoms with Crippen LogP contribution in [0.2, 0.25) is 0 Å². The van der Waals surface area contributed by atoms with E-state index in [4.69, 9.17) is 4.74 Å². The molecule has 3 heteroatoms. The molecule has 156 valence electrons. The minimum Gasteiger partial charge on any atom is -0.457 e. The lowest BCUT2D eigenvalue weighted by Crippen LogP contribution is -2.42. The Morgan fingerprint density at radius 2 is 1.22 bits per heavy atom. The minimum absolute atomic E-state index is 0.266. The Kier molecular flexibility index (Phi) is 3.45. The third-order valence-electron chi connectivity index (χ3n) is 7.27. The van der Waals surface area contributed by atoms with Crippen LogP contribution in [0.3, 0.4) is 0 Å². The van der Waals surface area contributed by atoms with E-state index >= 15 is 0 Å². The average molecular weight is 417 g/mol. The van der Waals surface area contributed by atoms with Crippen molar-refractivity contribution in [2.24, 2.45) is 0 Å². The van der Waals surface area contributed by atoms with Gasteiger partial charge in [-0.1, -0.05) is 43.3 Å². The maximum Gasteiger partial charge on any atom is 0.133 e. The summed E-state index contributed by atoms with van der Waals surface area (Å²) in [5.41, 5.74) is 9.86. The van der Waals surface area contributed by atoms with Crippen LogP contribution in [0.5, 0.6) is 11.5 Å². The number of rotatable bonds is 3. The Bertz CT molecular complexity index is 1390. The molecule has 7 rings (SSSR count). The number of hydrogen-bond acceptors (Lipinski definition) is 3. The first-order valence-electron chi connectivity index (χ1n) is 11.4. The molecule has 3 nitrogen and oxygen atoms in total. The Hall–Kier alpha value is -3.72. The normalized spacial score (nSPS) is 18.8. The molecule has 0 amide bonds. The summed E-state index contributed by atoms with van der Waals surface area (Å²) in [4.78, 5) is 4.90. The fourth-order valence-corrected chi connectivity index (χ4v) is 6.15. The summed E-state index contributed by atoms with van der Waals surface area (Å²) in [6.07, 6.45) is 1.08. The highest BCUT2D eigenvalue weighted by Gasteiger charge is 2.53. The summed E-state index contributed by atoms with van der Waals surface area (Å²) in [7, 11) is 0. The number of para-hydroxylation sites is 1. The predicted octanol–water partition coefficient (Wildman–Crippen LogP) is 7.79. The Morgan fingerprint density at radius 3 is 1.91 bits per heavy atom. The summed E-state index contributed by atoms with van der Waals surface area (Å²) < 4.78 is 6.57. The van der Waals surface area contributed by atoms with Crippen molar-refractivity contribution in [3.63, 3.8) is 0 Å². The highest BCUT2D eigenvalue weighted by atomic mass is 16.5. The van der Waals surface area contributed by atoms with Gasteiger partial charge in [0.2, 0.25) is 0 Å². The fourth-order valence-electron chi connectivity index (χ4n) is 6.15. The van der Waals surface area contributed by atoms with Crippen molar-refractivity contribution in [1.82, 2.24) is 0 Å². The van der Waals surface area contributed by atoms with Crippen LogP contribution in [0.1, 0.15) is 37.0 Å². The highest BCUT2D eigenvalue weighted by molar-refractivity contribution is 5.97. The Morgan fingerprint density at radius 1 is 0.656 bits per heavy atom. The summed E-state index contributed by atoms with van der Waals surface area (Å²) in [5, 5.41) is 0. The zero-order chi connectivity index (χ0) is 21.4. The topological polar surface area (TPSA) is 15.7 Å². The fraction of sp³-hybridized carbons (Fsp3) is 0.172. The minimum atomic E-state index is -0.266. The van der Waals surface area contributed by atoms with Crippen molar-refractivity contribution < 1.29 is 4.74 Å². The molecule has 3 aliphatic heterocycles. The van der Waals surface area contributed by atoms with Crippen LogP contribution in [-0.2, 0) is 5.41 Å². The second kappa shape index (κ2) is 6.17. The largest absolute Gasteiger partial charge is 0.457 e. The van der Waals surface area contributed by atoms with Gasteiger partial charge in [-0.25, -0.2) is 0 Å². The summed E-state index contributed by atoms with van der Waals surface area (Å²) >= 11 is 0. The first kappa shape index (κ1) is 17.9. The van der Waals surface area contributed by atoms with Gasteiger partial charge in [0.1, 0.15) is 11.5 Å². The molecule has 3 aliphatic rings. The van der Waals surface area contributed by atoms with Crippen LogP contribution in [0, 0.1) is 0 Å². The number of hydrogen-bond donors (Lipinski definition) is 0. The van der Waals surface area contributed by atoms with E-state index in [2.05, 4.69) is 109 Å².